The molecule has 2 heterocycles. The SMILES string of the molecule is C[C@H]1C[C@H]2C[C@@H]3CCC[C@@H]3N2C1. The van der Waals surface area contributed by atoms with Crippen molar-refractivity contribution in [2.75, 3.05) is 6.54 Å². The highest BCUT2D eigenvalue weighted by molar-refractivity contribution is 5.01. The van der Waals surface area contributed by atoms with E-state index >= 15 is 0 Å². The van der Waals surface area contributed by atoms with Gasteiger partial charge < -0.3 is 0 Å². The summed E-state index contributed by atoms with van der Waals surface area (Å²) in [6, 6.07) is 2.01. The normalized spacial score (nSPS) is 52.8. The number of hydrogen-bond acceptors (Lipinski definition) is 1. The fourth-order valence-corrected chi connectivity index (χ4v) is 3.90. The first-order valence-electron chi connectivity index (χ1n) is 5.60. The molecule has 3 fully saturated rings. The summed E-state index contributed by atoms with van der Waals surface area (Å²) in [5, 5.41) is 0. The van der Waals surface area contributed by atoms with Crippen LogP contribution in [0.2, 0.25) is 0 Å². The molecule has 1 aliphatic carbocycles. The lowest BCUT2D eigenvalue weighted by Gasteiger charge is -2.22. The fourth-order valence-electron chi connectivity index (χ4n) is 3.90. The number of hydrogen-bond donors (Lipinski definition) is 0. The van der Waals surface area contributed by atoms with E-state index in [1.165, 1.54) is 38.6 Å². The van der Waals surface area contributed by atoms with Gasteiger partial charge in [-0.3, -0.25) is 4.90 Å². The molecule has 3 aliphatic rings. The van der Waals surface area contributed by atoms with Crippen LogP contribution in [0.15, 0.2) is 0 Å². The lowest BCUT2D eigenvalue weighted by Crippen LogP contribution is -2.31. The largest absolute Gasteiger partial charge is 0.297 e. The molecule has 1 saturated carbocycles. The minimum absolute atomic E-state index is 0.983. The second-order valence-corrected chi connectivity index (χ2v) is 5.19. The molecule has 0 bridgehead atoms. The van der Waals surface area contributed by atoms with Gasteiger partial charge in [0, 0.05) is 18.6 Å². The van der Waals surface area contributed by atoms with Crippen molar-refractivity contribution in [1.82, 2.24) is 4.90 Å². The molecule has 0 spiro atoms. The minimum atomic E-state index is 0.983. The van der Waals surface area contributed by atoms with Gasteiger partial charge in [-0.1, -0.05) is 13.3 Å². The van der Waals surface area contributed by atoms with Gasteiger partial charge in [-0.05, 0) is 37.5 Å². The van der Waals surface area contributed by atoms with Gasteiger partial charge in [-0.25, -0.2) is 0 Å². The van der Waals surface area contributed by atoms with E-state index in [0.717, 1.165) is 23.9 Å². The van der Waals surface area contributed by atoms with E-state index in [4.69, 9.17) is 0 Å². The highest BCUT2D eigenvalue weighted by Gasteiger charge is 2.46. The molecule has 2 aliphatic heterocycles. The molecule has 1 heteroatoms. The maximum Gasteiger partial charge on any atom is 0.0127 e. The van der Waals surface area contributed by atoms with Crippen LogP contribution in [0.3, 0.4) is 0 Å². The third-order valence-electron chi connectivity index (χ3n) is 4.29. The summed E-state index contributed by atoms with van der Waals surface area (Å²) in [6.07, 6.45) is 7.58. The Morgan fingerprint density at radius 2 is 2.08 bits per heavy atom. The average Bonchev–Trinajstić information content (AvgIpc) is 2.59. The van der Waals surface area contributed by atoms with Gasteiger partial charge in [0.25, 0.3) is 0 Å². The quantitative estimate of drug-likeness (QED) is 0.532. The highest BCUT2D eigenvalue weighted by Crippen LogP contribution is 2.45. The summed E-state index contributed by atoms with van der Waals surface area (Å²) in [4.78, 5) is 2.84. The van der Waals surface area contributed by atoms with E-state index in [-0.39, 0.29) is 0 Å². The van der Waals surface area contributed by atoms with Gasteiger partial charge in [0.15, 0.2) is 0 Å². The average molecular weight is 165 g/mol. The molecule has 0 amide bonds. The van der Waals surface area contributed by atoms with Crippen LogP contribution < -0.4 is 0 Å². The third kappa shape index (κ3) is 0.891. The van der Waals surface area contributed by atoms with Crippen LogP contribution in [0.5, 0.6) is 0 Å². The van der Waals surface area contributed by atoms with Crippen LogP contribution in [0.25, 0.3) is 0 Å². The smallest absolute Gasteiger partial charge is 0.0127 e. The monoisotopic (exact) mass is 165 g/mol. The van der Waals surface area contributed by atoms with E-state index in [2.05, 4.69) is 11.8 Å². The molecule has 0 radical (unpaired) electrons. The van der Waals surface area contributed by atoms with E-state index in [1.54, 1.807) is 0 Å². The number of rotatable bonds is 0. The number of fused-ring (bicyclic) bond motifs is 3. The van der Waals surface area contributed by atoms with Gasteiger partial charge in [-0.15, -0.1) is 0 Å². The van der Waals surface area contributed by atoms with Crippen LogP contribution in [0.4, 0.5) is 0 Å². The fraction of sp³-hybridized carbons (Fsp3) is 1.00. The van der Waals surface area contributed by atoms with E-state index in [9.17, 15) is 0 Å². The van der Waals surface area contributed by atoms with Crippen LogP contribution in [-0.4, -0.2) is 23.5 Å². The second kappa shape index (κ2) is 2.47. The second-order valence-electron chi connectivity index (χ2n) is 5.19. The molecule has 3 rings (SSSR count). The van der Waals surface area contributed by atoms with Gasteiger partial charge in [0.05, 0.1) is 0 Å². The zero-order chi connectivity index (χ0) is 8.13. The zero-order valence-corrected chi connectivity index (χ0v) is 8.00. The number of nitrogens with zero attached hydrogens (tertiary/aromatic N) is 1. The third-order valence-corrected chi connectivity index (χ3v) is 4.29. The molecular weight excluding hydrogens is 146 g/mol. The van der Waals surface area contributed by atoms with Crippen LogP contribution in [0.1, 0.15) is 39.0 Å². The Kier molecular flexibility index (Phi) is 1.52. The summed E-state index contributed by atoms with van der Waals surface area (Å²) >= 11 is 0. The Labute approximate surface area is 75.1 Å². The van der Waals surface area contributed by atoms with Crippen molar-refractivity contribution in [2.45, 2.75) is 51.1 Å². The molecule has 2 saturated heterocycles. The molecule has 68 valence electrons. The van der Waals surface area contributed by atoms with E-state index in [0.29, 0.717) is 0 Å². The first-order chi connectivity index (χ1) is 5.84. The summed E-state index contributed by atoms with van der Waals surface area (Å²) in [6.45, 7) is 3.83. The standard InChI is InChI=1S/C11H19N/c1-8-5-10-6-9-3-2-4-11(9)12(10)7-8/h8-11H,2-7H2,1H3/t8-,9-,10-,11-/m0/s1. The first kappa shape index (κ1) is 7.37. The van der Waals surface area contributed by atoms with Crippen molar-refractivity contribution in [3.63, 3.8) is 0 Å². The Morgan fingerprint density at radius 3 is 3.00 bits per heavy atom. The molecular formula is C11H19N. The zero-order valence-electron chi connectivity index (χ0n) is 8.00. The van der Waals surface area contributed by atoms with Gasteiger partial charge in [0.2, 0.25) is 0 Å². The Hall–Kier alpha value is -0.0400. The molecule has 0 aromatic rings. The lowest BCUT2D eigenvalue weighted by atomic mass is 9.97. The van der Waals surface area contributed by atoms with Crippen LogP contribution in [0, 0.1) is 11.8 Å². The van der Waals surface area contributed by atoms with Gasteiger partial charge >= 0.3 is 0 Å². The molecule has 4 atom stereocenters. The Balaban J connectivity index is 1.80. The van der Waals surface area contributed by atoms with E-state index < -0.39 is 0 Å². The summed E-state index contributed by atoms with van der Waals surface area (Å²) in [5.74, 6) is 2.08. The topological polar surface area (TPSA) is 3.24 Å². The molecule has 0 aromatic carbocycles. The van der Waals surface area contributed by atoms with Crippen LogP contribution >= 0.6 is 0 Å². The predicted octanol–water partition coefficient (Wildman–Crippen LogP) is 2.27. The van der Waals surface area contributed by atoms with E-state index in [1.807, 2.05) is 0 Å². The maximum atomic E-state index is 2.84. The van der Waals surface area contributed by atoms with Gasteiger partial charge in [0.1, 0.15) is 0 Å². The highest BCUT2D eigenvalue weighted by atomic mass is 15.2. The Morgan fingerprint density at radius 1 is 1.17 bits per heavy atom. The molecule has 0 N–H and O–H groups in total. The van der Waals surface area contributed by atoms with Crippen molar-refractivity contribution < 1.29 is 0 Å². The molecule has 12 heavy (non-hydrogen) atoms. The Bertz CT molecular complexity index is 189. The van der Waals surface area contributed by atoms with Crippen molar-refractivity contribution in [3.8, 4) is 0 Å². The van der Waals surface area contributed by atoms with Crippen molar-refractivity contribution in [2.24, 2.45) is 11.8 Å². The predicted molar refractivity (Wildman–Crippen MR) is 50.0 cm³/mol. The minimum Gasteiger partial charge on any atom is -0.297 e. The van der Waals surface area contributed by atoms with Crippen LogP contribution in [-0.2, 0) is 0 Å². The van der Waals surface area contributed by atoms with Crippen molar-refractivity contribution in [1.29, 1.82) is 0 Å². The first-order valence-corrected chi connectivity index (χ1v) is 5.60. The maximum absolute atomic E-state index is 2.84. The summed E-state index contributed by atoms with van der Waals surface area (Å²) < 4.78 is 0. The lowest BCUT2D eigenvalue weighted by molar-refractivity contribution is 0.230. The van der Waals surface area contributed by atoms with Gasteiger partial charge in [-0.2, -0.15) is 0 Å². The molecule has 0 aromatic heterocycles. The summed E-state index contributed by atoms with van der Waals surface area (Å²) in [5.41, 5.74) is 0. The molecule has 1 nitrogen and oxygen atoms in total. The van der Waals surface area contributed by atoms with Crippen molar-refractivity contribution in [3.05, 3.63) is 0 Å². The summed E-state index contributed by atoms with van der Waals surface area (Å²) in [7, 11) is 0. The molecule has 0 unspecified atom stereocenters. The van der Waals surface area contributed by atoms with Crippen molar-refractivity contribution >= 4 is 0 Å².